The summed E-state index contributed by atoms with van der Waals surface area (Å²) in [6, 6.07) is 40.1. The maximum Gasteiger partial charge on any atom is 0.254 e. The molecule has 6 rings (SSSR count). The van der Waals surface area contributed by atoms with Crippen molar-refractivity contribution >= 4 is 23.5 Å². The number of thioether (sulfide) groups is 1. The lowest BCUT2D eigenvalue weighted by Crippen LogP contribution is -2.40. The van der Waals surface area contributed by atoms with Crippen LogP contribution >= 0.6 is 11.8 Å². The van der Waals surface area contributed by atoms with E-state index in [1.165, 1.54) is 6.07 Å². The second-order valence-corrected chi connectivity index (χ2v) is 12.6. The highest BCUT2D eigenvalue weighted by Crippen LogP contribution is 2.52. The summed E-state index contributed by atoms with van der Waals surface area (Å²) in [5, 5.41) is 0.000486. The fourth-order valence-electron chi connectivity index (χ4n) is 6.25. The van der Waals surface area contributed by atoms with Crippen molar-refractivity contribution in [3.05, 3.63) is 178 Å². The molecule has 5 aromatic rings. The fraction of sp³-hybridized carbons (Fsp3) is 0.158. The third-order valence-corrected chi connectivity index (χ3v) is 10.1. The van der Waals surface area contributed by atoms with E-state index >= 15 is 0 Å². The van der Waals surface area contributed by atoms with E-state index in [0.717, 1.165) is 28.8 Å². The topological polar surface area (TPSA) is 63.4 Å². The van der Waals surface area contributed by atoms with Crippen LogP contribution in [0.4, 0.5) is 8.78 Å². The second-order valence-electron chi connectivity index (χ2n) is 11.1. The smallest absolute Gasteiger partial charge is 0.254 e. The Morgan fingerprint density at radius 1 is 0.711 bits per heavy atom. The van der Waals surface area contributed by atoms with E-state index in [1.54, 1.807) is 34.9 Å². The zero-order valence-corrected chi connectivity index (χ0v) is 25.3. The summed E-state index contributed by atoms with van der Waals surface area (Å²) >= 11 is 1.80. The van der Waals surface area contributed by atoms with Crippen molar-refractivity contribution in [2.24, 2.45) is 5.73 Å². The van der Waals surface area contributed by atoms with E-state index < -0.39 is 22.2 Å². The molecule has 0 bridgehead atoms. The summed E-state index contributed by atoms with van der Waals surface area (Å²) in [5.74, 6) is -2.77. The van der Waals surface area contributed by atoms with Crippen molar-refractivity contribution in [2.45, 2.75) is 22.5 Å². The normalized spacial score (nSPS) is 16.5. The van der Waals surface area contributed by atoms with Gasteiger partial charge in [0.2, 0.25) is 0 Å². The van der Waals surface area contributed by atoms with Crippen molar-refractivity contribution in [3.63, 3.8) is 0 Å². The van der Waals surface area contributed by atoms with Gasteiger partial charge in [-0.3, -0.25) is 9.59 Å². The molecular formula is C38H32F2N2O2S. The van der Waals surface area contributed by atoms with Gasteiger partial charge in [0.15, 0.2) is 5.78 Å². The molecule has 0 spiro atoms. The van der Waals surface area contributed by atoms with Gasteiger partial charge >= 0.3 is 0 Å². The minimum atomic E-state index is -0.973. The molecular weight excluding hydrogens is 586 g/mol. The summed E-state index contributed by atoms with van der Waals surface area (Å²) < 4.78 is 27.6. The van der Waals surface area contributed by atoms with Crippen molar-refractivity contribution in [1.29, 1.82) is 0 Å². The number of ketones is 1. The zero-order valence-electron chi connectivity index (χ0n) is 24.5. The van der Waals surface area contributed by atoms with Crippen LogP contribution in [0.25, 0.3) is 0 Å². The van der Waals surface area contributed by atoms with E-state index in [-0.39, 0.29) is 40.4 Å². The summed E-state index contributed by atoms with van der Waals surface area (Å²) in [6.45, 7) is 0.660. The van der Waals surface area contributed by atoms with Crippen LogP contribution in [0.5, 0.6) is 0 Å². The molecule has 0 radical (unpaired) electrons. The highest BCUT2D eigenvalue weighted by atomic mass is 32.2. The molecule has 1 saturated heterocycles. The van der Waals surface area contributed by atoms with Gasteiger partial charge in [0.05, 0.1) is 15.9 Å². The SMILES string of the molecule is NCC1C[C@@H](SC(c2ccccc2)(c2ccccc2)c2ccccc2)CN1C(=O)c1ccccc1C(=O)c1ccc(F)cc1F. The second kappa shape index (κ2) is 13.2. The monoisotopic (exact) mass is 618 g/mol. The maximum atomic E-state index is 14.6. The zero-order chi connectivity index (χ0) is 31.4. The van der Waals surface area contributed by atoms with Gasteiger partial charge in [-0.05, 0) is 41.3 Å². The number of likely N-dealkylation sites (tertiary alicyclic amines) is 1. The summed E-state index contributed by atoms with van der Waals surface area (Å²) in [7, 11) is 0. The Balaban J connectivity index is 1.37. The van der Waals surface area contributed by atoms with E-state index in [4.69, 9.17) is 5.73 Å². The number of carbonyl (C=O) groups excluding carboxylic acids is 2. The molecule has 2 N–H and O–H groups in total. The Morgan fingerprint density at radius 3 is 1.73 bits per heavy atom. The van der Waals surface area contributed by atoms with Gasteiger partial charge in [0, 0.05) is 36.0 Å². The molecule has 1 amide bonds. The average molecular weight is 619 g/mol. The number of halogens is 2. The summed E-state index contributed by atoms with van der Waals surface area (Å²) in [5.41, 5.74) is 9.57. The lowest BCUT2D eigenvalue weighted by molar-refractivity contribution is 0.0737. The van der Waals surface area contributed by atoms with Crippen LogP contribution in [0.15, 0.2) is 133 Å². The predicted octanol–water partition coefficient (Wildman–Crippen LogP) is 7.46. The number of nitrogens with two attached hydrogens (primary N) is 1. The molecule has 45 heavy (non-hydrogen) atoms. The van der Waals surface area contributed by atoms with Crippen LogP contribution in [-0.4, -0.2) is 41.0 Å². The highest BCUT2D eigenvalue weighted by molar-refractivity contribution is 8.01. The Bertz CT molecular complexity index is 1700. The average Bonchev–Trinajstić information content (AvgIpc) is 3.50. The van der Waals surface area contributed by atoms with Crippen LogP contribution in [-0.2, 0) is 4.75 Å². The Hall–Kier alpha value is -4.59. The quantitative estimate of drug-likeness (QED) is 0.138. The van der Waals surface area contributed by atoms with Gasteiger partial charge in [-0.2, -0.15) is 0 Å². The Morgan fingerprint density at radius 2 is 1.22 bits per heavy atom. The number of carbonyl (C=O) groups is 2. The van der Waals surface area contributed by atoms with Gasteiger partial charge in [0.1, 0.15) is 11.6 Å². The van der Waals surface area contributed by atoms with E-state index in [0.29, 0.717) is 19.0 Å². The number of hydrogen-bond acceptors (Lipinski definition) is 4. The first-order chi connectivity index (χ1) is 21.9. The highest BCUT2D eigenvalue weighted by Gasteiger charge is 2.44. The number of hydrogen-bond donors (Lipinski definition) is 1. The van der Waals surface area contributed by atoms with Gasteiger partial charge < -0.3 is 10.6 Å². The molecule has 4 nitrogen and oxygen atoms in total. The van der Waals surface area contributed by atoms with Crippen molar-refractivity contribution < 1.29 is 18.4 Å². The van der Waals surface area contributed by atoms with Crippen LogP contribution < -0.4 is 5.73 Å². The molecule has 2 atom stereocenters. The molecule has 1 aliphatic heterocycles. The number of amides is 1. The number of rotatable bonds is 9. The van der Waals surface area contributed by atoms with E-state index in [2.05, 4.69) is 36.4 Å². The molecule has 0 saturated carbocycles. The first kappa shape index (κ1) is 30.4. The van der Waals surface area contributed by atoms with Gasteiger partial charge in [-0.25, -0.2) is 8.78 Å². The van der Waals surface area contributed by atoms with Crippen LogP contribution in [0.1, 0.15) is 49.4 Å². The minimum Gasteiger partial charge on any atom is -0.333 e. The lowest BCUT2D eigenvalue weighted by atomic mass is 9.84. The number of nitrogens with zero attached hydrogens (tertiary/aromatic N) is 1. The van der Waals surface area contributed by atoms with Crippen LogP contribution in [0.3, 0.4) is 0 Å². The molecule has 1 fully saturated rings. The predicted molar refractivity (Wildman–Crippen MR) is 175 cm³/mol. The van der Waals surface area contributed by atoms with Gasteiger partial charge in [-0.1, -0.05) is 109 Å². The Labute approximate surface area is 265 Å². The van der Waals surface area contributed by atoms with Crippen LogP contribution in [0.2, 0.25) is 0 Å². The molecule has 0 aromatic heterocycles. The third kappa shape index (κ3) is 5.93. The van der Waals surface area contributed by atoms with E-state index in [9.17, 15) is 18.4 Å². The van der Waals surface area contributed by atoms with Crippen LogP contribution in [0, 0.1) is 11.6 Å². The van der Waals surface area contributed by atoms with E-state index in [1.807, 2.05) is 54.6 Å². The van der Waals surface area contributed by atoms with Crippen molar-refractivity contribution in [1.82, 2.24) is 4.90 Å². The molecule has 1 aliphatic rings. The lowest BCUT2D eigenvalue weighted by Gasteiger charge is -2.37. The molecule has 0 aliphatic carbocycles. The third-order valence-electron chi connectivity index (χ3n) is 8.37. The Kier molecular flexibility index (Phi) is 8.92. The standard InChI is InChI=1S/C38H32F2N2O2S/c39-29-20-21-34(35(40)22-29)36(43)32-18-10-11-19-33(32)37(44)42-25-31(23-30(42)24-41)45-38(26-12-4-1-5-13-26,27-14-6-2-7-15-27)28-16-8-3-9-17-28/h1-22,30-31H,23-25,41H2/t30?,31-/m1/s1. The van der Waals surface area contributed by atoms with Gasteiger partial charge in [0.25, 0.3) is 5.91 Å². The summed E-state index contributed by atoms with van der Waals surface area (Å²) in [4.78, 5) is 29.4. The maximum absolute atomic E-state index is 14.6. The molecule has 1 heterocycles. The summed E-state index contributed by atoms with van der Waals surface area (Å²) in [6.07, 6.45) is 0.657. The molecule has 1 unspecified atom stereocenters. The minimum absolute atomic E-state index is 0.000486. The first-order valence-corrected chi connectivity index (χ1v) is 15.7. The largest absolute Gasteiger partial charge is 0.333 e. The fourth-order valence-corrected chi connectivity index (χ4v) is 8.12. The first-order valence-electron chi connectivity index (χ1n) is 14.9. The molecule has 226 valence electrons. The van der Waals surface area contributed by atoms with Crippen molar-refractivity contribution in [2.75, 3.05) is 13.1 Å². The van der Waals surface area contributed by atoms with Crippen molar-refractivity contribution in [3.8, 4) is 0 Å². The molecule has 5 aromatic carbocycles. The number of benzene rings is 5. The van der Waals surface area contributed by atoms with Gasteiger partial charge in [-0.15, -0.1) is 11.8 Å². The molecule has 7 heteroatoms.